The molecule has 0 radical (unpaired) electrons. The summed E-state index contributed by atoms with van der Waals surface area (Å²) in [6.45, 7) is 5.56. The van der Waals surface area contributed by atoms with Gasteiger partial charge in [-0.2, -0.15) is 9.30 Å². The van der Waals surface area contributed by atoms with E-state index in [1.165, 1.54) is 52.0 Å². The van der Waals surface area contributed by atoms with Gasteiger partial charge in [0.1, 0.15) is 0 Å². The number of aromatic nitrogens is 1. The fraction of sp³-hybridized carbons (Fsp3) is 0.364. The molecule has 0 aliphatic carbocycles. The van der Waals surface area contributed by atoms with E-state index in [4.69, 9.17) is 0 Å². The number of hydrogen-bond acceptors (Lipinski definition) is 6. The first-order valence-electron chi connectivity index (χ1n) is 10.7. The van der Waals surface area contributed by atoms with Crippen molar-refractivity contribution in [2.45, 2.75) is 38.1 Å². The van der Waals surface area contributed by atoms with Crippen LogP contribution in [0.5, 0.6) is 0 Å². The molecule has 0 saturated carbocycles. The van der Waals surface area contributed by atoms with Gasteiger partial charge >= 0.3 is 0 Å². The molecule has 1 fully saturated rings. The lowest BCUT2D eigenvalue weighted by molar-refractivity contribution is -0.384. The summed E-state index contributed by atoms with van der Waals surface area (Å²) in [4.78, 5) is 28.2. The van der Waals surface area contributed by atoms with Crippen LogP contribution in [0.2, 0.25) is 0 Å². The van der Waals surface area contributed by atoms with Crippen LogP contribution in [0.4, 0.5) is 5.69 Å². The highest BCUT2D eigenvalue weighted by atomic mass is 32.2. The highest BCUT2D eigenvalue weighted by Crippen LogP contribution is 2.25. The van der Waals surface area contributed by atoms with Gasteiger partial charge in [0.2, 0.25) is 10.0 Å². The Balaban J connectivity index is 1.62. The van der Waals surface area contributed by atoms with Crippen molar-refractivity contribution in [3.63, 3.8) is 0 Å². The summed E-state index contributed by atoms with van der Waals surface area (Å²) in [6.07, 6.45) is 1.68. The number of nitrogens with zero attached hydrogens (tertiary/aromatic N) is 4. The van der Waals surface area contributed by atoms with Crippen molar-refractivity contribution in [2.75, 3.05) is 13.1 Å². The Kier molecular flexibility index (Phi) is 6.46. The molecule has 0 bridgehead atoms. The maximum Gasteiger partial charge on any atom is 0.279 e. The first-order chi connectivity index (χ1) is 15.7. The summed E-state index contributed by atoms with van der Waals surface area (Å²) < 4.78 is 29.8. The lowest BCUT2D eigenvalue weighted by Gasteiger charge is -2.29. The Hall–Kier alpha value is -2.89. The number of nitro groups is 1. The molecule has 1 amide bonds. The van der Waals surface area contributed by atoms with Gasteiger partial charge in [-0.05, 0) is 56.0 Å². The predicted octanol–water partition coefficient (Wildman–Crippen LogP) is 3.79. The van der Waals surface area contributed by atoms with Crippen LogP contribution in [0.3, 0.4) is 0 Å². The number of benzene rings is 2. The Morgan fingerprint density at radius 2 is 1.85 bits per heavy atom. The maximum atomic E-state index is 12.9. The number of non-ortho nitro benzene ring substituents is 1. The monoisotopic (exact) mass is 488 g/mol. The van der Waals surface area contributed by atoms with Crippen molar-refractivity contribution >= 4 is 43.2 Å². The summed E-state index contributed by atoms with van der Waals surface area (Å²) in [5.74, 6) is 0.0120. The van der Waals surface area contributed by atoms with Crippen LogP contribution in [0, 0.1) is 16.0 Å². The van der Waals surface area contributed by atoms with E-state index in [0.717, 1.165) is 18.4 Å². The van der Waals surface area contributed by atoms with E-state index in [0.29, 0.717) is 35.1 Å². The van der Waals surface area contributed by atoms with Gasteiger partial charge in [-0.15, -0.1) is 0 Å². The molecule has 33 heavy (non-hydrogen) atoms. The zero-order valence-electron chi connectivity index (χ0n) is 18.3. The Labute approximate surface area is 195 Å². The number of rotatable bonds is 5. The third kappa shape index (κ3) is 4.61. The van der Waals surface area contributed by atoms with Crippen molar-refractivity contribution in [3.8, 4) is 0 Å². The van der Waals surface area contributed by atoms with Gasteiger partial charge in [0.25, 0.3) is 11.6 Å². The van der Waals surface area contributed by atoms with Crippen molar-refractivity contribution in [3.05, 3.63) is 62.9 Å². The Bertz CT molecular complexity index is 1380. The zero-order chi connectivity index (χ0) is 23.8. The van der Waals surface area contributed by atoms with Gasteiger partial charge in [-0.3, -0.25) is 14.9 Å². The molecule has 3 aromatic rings. The quantitative estimate of drug-likeness (QED) is 0.400. The van der Waals surface area contributed by atoms with Crippen LogP contribution in [0.1, 0.15) is 37.0 Å². The van der Waals surface area contributed by atoms with Crippen LogP contribution in [0.25, 0.3) is 10.2 Å². The number of carbonyl (C=O) groups excluding carboxylic acids is 1. The maximum absolute atomic E-state index is 12.9. The van der Waals surface area contributed by atoms with E-state index in [-0.39, 0.29) is 16.1 Å². The van der Waals surface area contributed by atoms with Crippen LogP contribution in [0.15, 0.2) is 52.4 Å². The minimum absolute atomic E-state index is 0.0233. The number of nitro benzene ring substituents is 1. The van der Waals surface area contributed by atoms with E-state index < -0.39 is 20.9 Å². The summed E-state index contributed by atoms with van der Waals surface area (Å²) >= 11 is 1.20. The largest absolute Gasteiger partial charge is 0.317 e. The number of sulfonamides is 1. The van der Waals surface area contributed by atoms with Gasteiger partial charge in [0.15, 0.2) is 4.80 Å². The molecule has 1 aliphatic heterocycles. The van der Waals surface area contributed by atoms with Gasteiger partial charge in [0, 0.05) is 37.3 Å². The fourth-order valence-electron chi connectivity index (χ4n) is 3.86. The molecule has 0 unspecified atom stereocenters. The van der Waals surface area contributed by atoms with Crippen molar-refractivity contribution in [2.24, 2.45) is 10.9 Å². The molecule has 0 atom stereocenters. The van der Waals surface area contributed by atoms with Gasteiger partial charge < -0.3 is 4.57 Å². The van der Waals surface area contributed by atoms with Crippen LogP contribution in [-0.2, 0) is 16.6 Å². The average molecular weight is 489 g/mol. The SMILES string of the molecule is CCn1c(=NC(=O)c2ccc(S(=O)(=O)N3CCC(C)CC3)cc2)sc2cc([N+](=O)[O-])ccc21. The van der Waals surface area contributed by atoms with Gasteiger partial charge in [-0.1, -0.05) is 18.3 Å². The third-order valence-electron chi connectivity index (χ3n) is 5.87. The number of piperidine rings is 1. The second-order valence-electron chi connectivity index (χ2n) is 8.07. The Morgan fingerprint density at radius 3 is 2.45 bits per heavy atom. The van der Waals surface area contributed by atoms with Crippen molar-refractivity contribution < 1.29 is 18.1 Å². The van der Waals surface area contributed by atoms with Crippen LogP contribution in [-0.4, -0.2) is 41.2 Å². The van der Waals surface area contributed by atoms with E-state index in [9.17, 15) is 23.3 Å². The topological polar surface area (TPSA) is 115 Å². The van der Waals surface area contributed by atoms with E-state index in [2.05, 4.69) is 11.9 Å². The molecule has 9 nitrogen and oxygen atoms in total. The van der Waals surface area contributed by atoms with Crippen molar-refractivity contribution in [1.82, 2.24) is 8.87 Å². The molecule has 11 heteroatoms. The summed E-state index contributed by atoms with van der Waals surface area (Å²) in [5, 5.41) is 11.1. The normalized spacial score (nSPS) is 16.4. The molecule has 1 saturated heterocycles. The minimum Gasteiger partial charge on any atom is -0.317 e. The molecule has 1 aromatic heterocycles. The zero-order valence-corrected chi connectivity index (χ0v) is 19.9. The molecule has 174 valence electrons. The van der Waals surface area contributed by atoms with E-state index in [1.807, 2.05) is 11.5 Å². The van der Waals surface area contributed by atoms with E-state index in [1.54, 1.807) is 6.07 Å². The number of carbonyl (C=O) groups is 1. The summed E-state index contributed by atoms with van der Waals surface area (Å²) in [6, 6.07) is 10.4. The number of fused-ring (bicyclic) bond motifs is 1. The highest BCUT2D eigenvalue weighted by Gasteiger charge is 2.28. The molecule has 0 N–H and O–H groups in total. The first-order valence-corrected chi connectivity index (χ1v) is 12.9. The predicted molar refractivity (Wildman–Crippen MR) is 126 cm³/mol. The smallest absolute Gasteiger partial charge is 0.279 e. The lowest BCUT2D eigenvalue weighted by Crippen LogP contribution is -2.37. The number of thiazole rings is 1. The molecular formula is C22H24N4O5S2. The van der Waals surface area contributed by atoms with Gasteiger partial charge in [-0.25, -0.2) is 8.42 Å². The number of amides is 1. The van der Waals surface area contributed by atoms with Crippen LogP contribution >= 0.6 is 11.3 Å². The number of aryl methyl sites for hydroxylation is 1. The first kappa shape index (κ1) is 23.3. The second kappa shape index (κ2) is 9.16. The minimum atomic E-state index is -3.59. The van der Waals surface area contributed by atoms with Gasteiger partial charge in [0.05, 0.1) is 20.0 Å². The summed E-state index contributed by atoms with van der Waals surface area (Å²) in [5.41, 5.74) is 1.01. The fourth-order valence-corrected chi connectivity index (χ4v) is 6.46. The number of hydrogen-bond donors (Lipinski definition) is 0. The average Bonchev–Trinajstić information content (AvgIpc) is 3.15. The molecule has 4 rings (SSSR count). The van der Waals surface area contributed by atoms with E-state index >= 15 is 0 Å². The molecule has 2 heterocycles. The summed E-state index contributed by atoms with van der Waals surface area (Å²) in [7, 11) is -3.59. The highest BCUT2D eigenvalue weighted by molar-refractivity contribution is 7.89. The third-order valence-corrected chi connectivity index (χ3v) is 8.83. The lowest BCUT2D eigenvalue weighted by atomic mass is 10.0. The molecule has 0 spiro atoms. The van der Waals surface area contributed by atoms with Crippen molar-refractivity contribution in [1.29, 1.82) is 0 Å². The van der Waals surface area contributed by atoms with Crippen LogP contribution < -0.4 is 4.80 Å². The second-order valence-corrected chi connectivity index (χ2v) is 11.0. The molecule has 2 aromatic carbocycles. The Morgan fingerprint density at radius 1 is 1.18 bits per heavy atom. The molecule has 1 aliphatic rings. The standard InChI is InChI=1S/C22H24N4O5S2/c1-3-25-19-9-6-17(26(28)29)14-20(19)32-22(25)23-21(27)16-4-7-18(8-5-16)33(30,31)24-12-10-15(2)11-13-24/h4-9,14-15H,3,10-13H2,1-2H3. The molecular weight excluding hydrogens is 464 g/mol.